The largest absolute Gasteiger partial charge is 0.391 e. The Labute approximate surface area is 114 Å². The van der Waals surface area contributed by atoms with Gasteiger partial charge in [0.05, 0.1) is 14.8 Å². The van der Waals surface area contributed by atoms with Gasteiger partial charge < -0.3 is 10.0 Å². The number of aliphatic hydroxyl groups excluding tert-OH is 1. The van der Waals surface area contributed by atoms with Crippen molar-refractivity contribution in [1.29, 1.82) is 0 Å². The van der Waals surface area contributed by atoms with Crippen LogP contribution in [0.25, 0.3) is 0 Å². The minimum atomic E-state index is -0.391. The first-order valence-corrected chi connectivity index (χ1v) is 7.33. The highest BCUT2D eigenvalue weighted by Gasteiger charge is 2.28. The average Bonchev–Trinajstić information content (AvgIpc) is 2.62. The first-order chi connectivity index (χ1) is 7.99. The summed E-state index contributed by atoms with van der Waals surface area (Å²) in [5, 5.41) is 9.80. The SMILES string of the molecule is Cc1cc(C(=O)N2CCC(C)C(O)C2)sc1Br. The van der Waals surface area contributed by atoms with Crippen molar-refractivity contribution < 1.29 is 9.90 Å². The van der Waals surface area contributed by atoms with Gasteiger partial charge in [0.1, 0.15) is 0 Å². The Balaban J connectivity index is 2.10. The van der Waals surface area contributed by atoms with E-state index in [1.807, 2.05) is 19.9 Å². The summed E-state index contributed by atoms with van der Waals surface area (Å²) in [4.78, 5) is 14.7. The van der Waals surface area contributed by atoms with E-state index in [0.29, 0.717) is 6.54 Å². The molecule has 3 nitrogen and oxygen atoms in total. The van der Waals surface area contributed by atoms with Gasteiger partial charge in [-0.15, -0.1) is 11.3 Å². The number of halogens is 1. The predicted molar refractivity (Wildman–Crippen MR) is 72.4 cm³/mol. The second kappa shape index (κ2) is 5.08. The van der Waals surface area contributed by atoms with Crippen LogP contribution < -0.4 is 0 Å². The first-order valence-electron chi connectivity index (χ1n) is 5.72. The molecule has 2 atom stereocenters. The zero-order valence-corrected chi connectivity index (χ0v) is 12.3. The van der Waals surface area contributed by atoms with Gasteiger partial charge in [0.25, 0.3) is 5.91 Å². The Morgan fingerprint density at radius 1 is 1.65 bits per heavy atom. The Morgan fingerprint density at radius 2 is 2.35 bits per heavy atom. The molecule has 0 bridgehead atoms. The lowest BCUT2D eigenvalue weighted by Gasteiger charge is -2.34. The molecule has 1 N–H and O–H groups in total. The molecule has 1 aliphatic heterocycles. The molecule has 2 rings (SSSR count). The van der Waals surface area contributed by atoms with E-state index in [-0.39, 0.29) is 11.8 Å². The summed E-state index contributed by atoms with van der Waals surface area (Å²) in [5.41, 5.74) is 1.09. The number of aliphatic hydroxyl groups is 1. The lowest BCUT2D eigenvalue weighted by atomic mass is 9.96. The van der Waals surface area contributed by atoms with Gasteiger partial charge in [0.2, 0.25) is 0 Å². The summed E-state index contributed by atoms with van der Waals surface area (Å²) in [6.07, 6.45) is 0.482. The van der Waals surface area contributed by atoms with Crippen LogP contribution in [0.1, 0.15) is 28.6 Å². The maximum Gasteiger partial charge on any atom is 0.264 e. The summed E-state index contributed by atoms with van der Waals surface area (Å²) in [6.45, 7) is 5.20. The number of hydrogen-bond donors (Lipinski definition) is 1. The van der Waals surface area contributed by atoms with E-state index in [0.717, 1.165) is 27.2 Å². The van der Waals surface area contributed by atoms with Gasteiger partial charge >= 0.3 is 0 Å². The second-order valence-electron chi connectivity index (χ2n) is 4.65. The number of hydrogen-bond acceptors (Lipinski definition) is 3. The monoisotopic (exact) mass is 317 g/mol. The van der Waals surface area contributed by atoms with Gasteiger partial charge in [-0.1, -0.05) is 6.92 Å². The molecule has 94 valence electrons. The Hall–Kier alpha value is -0.390. The summed E-state index contributed by atoms with van der Waals surface area (Å²) < 4.78 is 1.01. The minimum absolute atomic E-state index is 0.0368. The quantitative estimate of drug-likeness (QED) is 0.865. The fourth-order valence-electron chi connectivity index (χ4n) is 1.95. The maximum absolute atomic E-state index is 12.2. The van der Waals surface area contributed by atoms with Gasteiger partial charge in [-0.3, -0.25) is 4.79 Å². The third kappa shape index (κ3) is 2.72. The standard InChI is InChI=1S/C12H16BrNO2S/c1-7-3-4-14(6-9(7)15)12(16)10-5-8(2)11(13)17-10/h5,7,9,15H,3-4,6H2,1-2H3. The third-order valence-electron chi connectivity index (χ3n) is 3.27. The molecular weight excluding hydrogens is 302 g/mol. The van der Waals surface area contributed by atoms with Gasteiger partial charge in [-0.2, -0.15) is 0 Å². The molecule has 1 aromatic rings. The normalized spacial score (nSPS) is 25.1. The molecule has 0 aromatic carbocycles. The van der Waals surface area contributed by atoms with E-state index in [2.05, 4.69) is 15.9 Å². The second-order valence-corrected chi connectivity index (χ2v) is 7.02. The molecule has 0 spiro atoms. The molecule has 1 saturated heterocycles. The molecular formula is C12H16BrNO2S. The van der Waals surface area contributed by atoms with E-state index < -0.39 is 6.10 Å². The van der Waals surface area contributed by atoms with Gasteiger partial charge in [0.15, 0.2) is 0 Å². The topological polar surface area (TPSA) is 40.5 Å². The summed E-state index contributed by atoms with van der Waals surface area (Å²) >= 11 is 4.89. The van der Waals surface area contributed by atoms with Crippen molar-refractivity contribution in [3.8, 4) is 0 Å². The van der Waals surface area contributed by atoms with Gasteiger partial charge in [0, 0.05) is 13.1 Å². The Bertz CT molecular complexity index is 413. The number of nitrogens with zero attached hydrogens (tertiary/aromatic N) is 1. The van der Waals surface area contributed by atoms with E-state index in [9.17, 15) is 9.90 Å². The number of likely N-dealkylation sites (tertiary alicyclic amines) is 1. The van der Waals surface area contributed by atoms with Crippen LogP contribution in [0.3, 0.4) is 0 Å². The van der Waals surface area contributed by atoms with Crippen LogP contribution in [0.15, 0.2) is 9.85 Å². The van der Waals surface area contributed by atoms with Crippen molar-refractivity contribution in [2.24, 2.45) is 5.92 Å². The molecule has 1 aliphatic rings. The highest BCUT2D eigenvalue weighted by molar-refractivity contribution is 9.11. The van der Waals surface area contributed by atoms with Crippen LogP contribution in [0.4, 0.5) is 0 Å². The summed E-state index contributed by atoms with van der Waals surface area (Å²) in [6, 6.07) is 1.90. The number of rotatable bonds is 1. The summed E-state index contributed by atoms with van der Waals surface area (Å²) in [5.74, 6) is 0.325. The van der Waals surface area contributed by atoms with Crippen LogP contribution in [0, 0.1) is 12.8 Å². The molecule has 1 aromatic heterocycles. The van der Waals surface area contributed by atoms with Gasteiger partial charge in [-0.05, 0) is 46.8 Å². The number of thiophene rings is 1. The number of amides is 1. The van der Waals surface area contributed by atoms with Crippen molar-refractivity contribution in [3.05, 3.63) is 20.3 Å². The van der Waals surface area contributed by atoms with Crippen molar-refractivity contribution in [1.82, 2.24) is 4.90 Å². The van der Waals surface area contributed by atoms with Crippen LogP contribution >= 0.6 is 27.3 Å². The Kier molecular flexibility index (Phi) is 3.90. The van der Waals surface area contributed by atoms with Crippen molar-refractivity contribution in [3.63, 3.8) is 0 Å². The minimum Gasteiger partial charge on any atom is -0.391 e. The lowest BCUT2D eigenvalue weighted by molar-refractivity contribution is 0.0251. The van der Waals surface area contributed by atoms with E-state index in [4.69, 9.17) is 0 Å². The van der Waals surface area contributed by atoms with Crippen LogP contribution in [-0.4, -0.2) is 35.1 Å². The fraction of sp³-hybridized carbons (Fsp3) is 0.583. The number of carbonyl (C=O) groups is 1. The van der Waals surface area contributed by atoms with Crippen molar-refractivity contribution >= 4 is 33.2 Å². The highest BCUT2D eigenvalue weighted by atomic mass is 79.9. The number of carbonyl (C=O) groups excluding carboxylic acids is 1. The molecule has 2 unspecified atom stereocenters. The third-order valence-corrected chi connectivity index (χ3v) is 5.40. The lowest BCUT2D eigenvalue weighted by Crippen LogP contribution is -2.45. The molecule has 2 heterocycles. The maximum atomic E-state index is 12.2. The average molecular weight is 318 g/mol. The zero-order chi connectivity index (χ0) is 12.6. The van der Waals surface area contributed by atoms with E-state index >= 15 is 0 Å². The molecule has 0 saturated carbocycles. The van der Waals surface area contributed by atoms with Crippen molar-refractivity contribution in [2.75, 3.05) is 13.1 Å². The summed E-state index contributed by atoms with van der Waals surface area (Å²) in [7, 11) is 0. The zero-order valence-electron chi connectivity index (χ0n) is 9.94. The molecule has 0 radical (unpaired) electrons. The van der Waals surface area contributed by atoms with Crippen LogP contribution in [0.5, 0.6) is 0 Å². The predicted octanol–water partition coefficient (Wildman–Crippen LogP) is 2.66. The molecule has 1 amide bonds. The number of piperidine rings is 1. The van der Waals surface area contributed by atoms with Crippen molar-refractivity contribution in [2.45, 2.75) is 26.4 Å². The highest BCUT2D eigenvalue weighted by Crippen LogP contribution is 2.29. The molecule has 17 heavy (non-hydrogen) atoms. The Morgan fingerprint density at radius 3 is 2.88 bits per heavy atom. The van der Waals surface area contributed by atoms with E-state index in [1.165, 1.54) is 11.3 Å². The first kappa shape index (κ1) is 13.1. The fourth-order valence-corrected chi connectivity index (χ4v) is 3.46. The number of aryl methyl sites for hydroxylation is 1. The molecule has 1 fully saturated rings. The molecule has 0 aliphatic carbocycles. The van der Waals surface area contributed by atoms with Crippen LogP contribution in [0.2, 0.25) is 0 Å². The molecule has 5 heteroatoms. The van der Waals surface area contributed by atoms with Crippen LogP contribution in [-0.2, 0) is 0 Å². The van der Waals surface area contributed by atoms with E-state index in [1.54, 1.807) is 4.90 Å². The smallest absolute Gasteiger partial charge is 0.264 e. The van der Waals surface area contributed by atoms with Gasteiger partial charge in [-0.25, -0.2) is 0 Å². The number of β-amino-alcohol motifs (C(OH)–C–C–N with tert-alkyl or cyclic N) is 1.